The van der Waals surface area contributed by atoms with Gasteiger partial charge in [-0.15, -0.1) is 0 Å². The van der Waals surface area contributed by atoms with E-state index in [-0.39, 0.29) is 11.1 Å². The van der Waals surface area contributed by atoms with Crippen molar-refractivity contribution in [2.45, 2.75) is 38.6 Å². The number of nitriles is 2. The van der Waals surface area contributed by atoms with Crippen molar-refractivity contribution in [1.82, 2.24) is 0 Å². The van der Waals surface area contributed by atoms with Crippen LogP contribution in [0.5, 0.6) is 0 Å². The summed E-state index contributed by atoms with van der Waals surface area (Å²) in [5, 5.41) is 17.6. The summed E-state index contributed by atoms with van der Waals surface area (Å²) in [5.74, 6) is -0.111. The van der Waals surface area contributed by atoms with Crippen LogP contribution in [0.15, 0.2) is 17.7 Å². The summed E-state index contributed by atoms with van der Waals surface area (Å²) in [5.41, 5.74) is 2.11. The molecular weight excluding hydrogens is 265 g/mol. The Hall–Kier alpha value is -2.33. The highest BCUT2D eigenvalue weighted by Gasteiger charge is 2.34. The van der Waals surface area contributed by atoms with Crippen LogP contribution in [0.2, 0.25) is 0 Å². The third kappa shape index (κ3) is 2.62. The van der Waals surface area contributed by atoms with Crippen LogP contribution >= 0.6 is 0 Å². The maximum atomic E-state index is 14.3. The van der Waals surface area contributed by atoms with Crippen molar-refractivity contribution in [1.29, 1.82) is 10.5 Å². The third-order valence-electron chi connectivity index (χ3n) is 4.29. The highest BCUT2D eigenvalue weighted by Crippen LogP contribution is 2.43. The van der Waals surface area contributed by atoms with Gasteiger partial charge in [0.2, 0.25) is 0 Å². The van der Waals surface area contributed by atoms with E-state index in [0.29, 0.717) is 11.5 Å². The molecule has 1 aromatic rings. The van der Waals surface area contributed by atoms with Crippen molar-refractivity contribution in [3.63, 3.8) is 0 Å². The van der Waals surface area contributed by atoms with Crippen LogP contribution in [0.1, 0.15) is 44.2 Å². The van der Waals surface area contributed by atoms with Crippen molar-refractivity contribution in [2.24, 2.45) is 0 Å². The standard InChI is InChI=1S/C17H18FN3/c1-11-8-17(2,3)21(4)16-7-15(18)13(6-14(11)16)5-12(9-19)10-20/h5-7,11H,8H2,1-4H3. The smallest absolute Gasteiger partial charge is 0.132 e. The van der Waals surface area contributed by atoms with Gasteiger partial charge in [-0.2, -0.15) is 10.5 Å². The lowest BCUT2D eigenvalue weighted by Crippen LogP contribution is -2.45. The normalized spacial score (nSPS) is 19.2. The SMILES string of the molecule is CC1CC(C)(C)N(C)c2cc(F)c(C=C(C#N)C#N)cc21. The van der Waals surface area contributed by atoms with Crippen molar-refractivity contribution in [2.75, 3.05) is 11.9 Å². The summed E-state index contributed by atoms with van der Waals surface area (Å²) in [4.78, 5) is 2.09. The second-order valence-electron chi connectivity index (χ2n) is 6.19. The van der Waals surface area contributed by atoms with Crippen LogP contribution in [-0.2, 0) is 0 Å². The Morgan fingerprint density at radius 2 is 2.00 bits per heavy atom. The molecule has 0 radical (unpaired) electrons. The zero-order chi connectivity index (χ0) is 15.8. The molecule has 1 heterocycles. The zero-order valence-corrected chi connectivity index (χ0v) is 12.7. The average Bonchev–Trinajstić information content (AvgIpc) is 2.43. The molecule has 1 aliphatic rings. The quantitative estimate of drug-likeness (QED) is 0.732. The van der Waals surface area contributed by atoms with Crippen LogP contribution in [0.25, 0.3) is 6.08 Å². The highest BCUT2D eigenvalue weighted by molar-refractivity contribution is 5.68. The van der Waals surface area contributed by atoms with Crippen LogP contribution in [0, 0.1) is 28.5 Å². The Kier molecular flexibility index (Phi) is 3.75. The molecule has 0 aromatic heterocycles. The molecular formula is C17H18FN3. The molecule has 0 spiro atoms. The molecule has 1 atom stereocenters. The second kappa shape index (κ2) is 5.22. The Balaban J connectivity index is 2.60. The minimum absolute atomic E-state index is 0.0271. The maximum Gasteiger partial charge on any atom is 0.132 e. The molecule has 1 aliphatic heterocycles. The van der Waals surface area contributed by atoms with Gasteiger partial charge in [0.15, 0.2) is 0 Å². The first kappa shape index (κ1) is 15.1. The monoisotopic (exact) mass is 283 g/mol. The number of hydrogen-bond donors (Lipinski definition) is 0. The van der Waals surface area contributed by atoms with Crippen LogP contribution < -0.4 is 4.90 Å². The summed E-state index contributed by atoms with van der Waals surface area (Å²) in [6, 6.07) is 6.79. The first-order chi connectivity index (χ1) is 9.80. The minimum Gasteiger partial charge on any atom is -0.369 e. The topological polar surface area (TPSA) is 50.8 Å². The van der Waals surface area contributed by atoms with Gasteiger partial charge >= 0.3 is 0 Å². The summed E-state index contributed by atoms with van der Waals surface area (Å²) in [6.07, 6.45) is 2.27. The molecule has 2 rings (SSSR count). The van der Waals surface area contributed by atoms with Gasteiger partial charge in [-0.3, -0.25) is 0 Å². The maximum absolute atomic E-state index is 14.3. The number of anilines is 1. The number of hydrogen-bond acceptors (Lipinski definition) is 3. The van der Waals surface area contributed by atoms with E-state index in [2.05, 4.69) is 25.7 Å². The van der Waals surface area contributed by atoms with E-state index in [0.717, 1.165) is 17.7 Å². The first-order valence-electron chi connectivity index (χ1n) is 6.89. The Morgan fingerprint density at radius 1 is 1.38 bits per heavy atom. The predicted molar refractivity (Wildman–Crippen MR) is 81.1 cm³/mol. The van der Waals surface area contributed by atoms with Crippen LogP contribution in [0.4, 0.5) is 10.1 Å². The fourth-order valence-corrected chi connectivity index (χ4v) is 2.96. The van der Waals surface area contributed by atoms with Crippen molar-refractivity contribution in [3.8, 4) is 12.1 Å². The number of fused-ring (bicyclic) bond motifs is 1. The summed E-state index contributed by atoms with van der Waals surface area (Å²) < 4.78 is 14.3. The lowest BCUT2D eigenvalue weighted by molar-refractivity contribution is 0.394. The molecule has 0 aliphatic carbocycles. The van der Waals surface area contributed by atoms with Gasteiger partial charge in [0.1, 0.15) is 23.5 Å². The van der Waals surface area contributed by atoms with Gasteiger partial charge in [0.25, 0.3) is 0 Å². The molecule has 4 heteroatoms. The molecule has 108 valence electrons. The van der Waals surface area contributed by atoms with E-state index in [1.807, 2.05) is 7.05 Å². The van der Waals surface area contributed by atoms with E-state index in [1.165, 1.54) is 12.1 Å². The summed E-state index contributed by atoms with van der Waals surface area (Å²) in [7, 11) is 1.97. The van der Waals surface area contributed by atoms with Gasteiger partial charge < -0.3 is 4.90 Å². The molecule has 0 N–H and O–H groups in total. The van der Waals surface area contributed by atoms with Gasteiger partial charge in [0, 0.05) is 23.8 Å². The zero-order valence-electron chi connectivity index (χ0n) is 12.7. The van der Waals surface area contributed by atoms with E-state index in [1.54, 1.807) is 18.2 Å². The van der Waals surface area contributed by atoms with Gasteiger partial charge in [-0.1, -0.05) is 6.92 Å². The van der Waals surface area contributed by atoms with Gasteiger partial charge in [-0.05, 0) is 50.0 Å². The van der Waals surface area contributed by atoms with E-state index in [4.69, 9.17) is 10.5 Å². The second-order valence-corrected chi connectivity index (χ2v) is 6.19. The van der Waals surface area contributed by atoms with Crippen molar-refractivity contribution < 1.29 is 4.39 Å². The highest BCUT2D eigenvalue weighted by atomic mass is 19.1. The lowest BCUT2D eigenvalue weighted by atomic mass is 9.80. The Bertz CT molecular complexity index is 673. The van der Waals surface area contributed by atoms with Crippen LogP contribution in [0.3, 0.4) is 0 Å². The molecule has 0 amide bonds. The van der Waals surface area contributed by atoms with Crippen molar-refractivity contribution >= 4 is 11.8 Å². The fourth-order valence-electron chi connectivity index (χ4n) is 2.96. The molecule has 1 aromatic carbocycles. The van der Waals surface area contributed by atoms with Crippen LogP contribution in [-0.4, -0.2) is 12.6 Å². The Labute approximate surface area is 124 Å². The summed E-state index contributed by atoms with van der Waals surface area (Å²) in [6.45, 7) is 6.40. The fraction of sp³-hybridized carbons (Fsp3) is 0.412. The summed E-state index contributed by atoms with van der Waals surface area (Å²) >= 11 is 0. The average molecular weight is 283 g/mol. The number of nitrogens with zero attached hydrogens (tertiary/aromatic N) is 3. The van der Waals surface area contributed by atoms with Gasteiger partial charge in [0.05, 0.1) is 0 Å². The molecule has 21 heavy (non-hydrogen) atoms. The largest absolute Gasteiger partial charge is 0.369 e. The molecule has 0 saturated heterocycles. The third-order valence-corrected chi connectivity index (χ3v) is 4.29. The lowest BCUT2D eigenvalue weighted by Gasteiger charge is -2.45. The predicted octanol–water partition coefficient (Wildman–Crippen LogP) is 3.98. The van der Waals surface area contributed by atoms with E-state index < -0.39 is 5.82 Å². The molecule has 0 fully saturated rings. The van der Waals surface area contributed by atoms with Gasteiger partial charge in [-0.25, -0.2) is 4.39 Å². The molecule has 3 nitrogen and oxygen atoms in total. The van der Waals surface area contributed by atoms with E-state index in [9.17, 15) is 4.39 Å². The van der Waals surface area contributed by atoms with Crippen molar-refractivity contribution in [3.05, 3.63) is 34.6 Å². The number of rotatable bonds is 1. The Morgan fingerprint density at radius 3 is 2.57 bits per heavy atom. The molecule has 0 saturated carbocycles. The first-order valence-corrected chi connectivity index (χ1v) is 6.89. The molecule has 0 bridgehead atoms. The number of benzene rings is 1. The molecule has 1 unspecified atom stereocenters. The number of halogens is 1. The van der Waals surface area contributed by atoms with E-state index >= 15 is 0 Å². The minimum atomic E-state index is -0.409. The number of allylic oxidation sites excluding steroid dienone is 1.